The van der Waals surface area contributed by atoms with Crippen molar-refractivity contribution in [1.82, 2.24) is 0 Å². The molecule has 1 aromatic carbocycles. The van der Waals surface area contributed by atoms with Gasteiger partial charge < -0.3 is 16.3 Å². The highest BCUT2D eigenvalue weighted by Crippen LogP contribution is 2.23. The lowest BCUT2D eigenvalue weighted by molar-refractivity contribution is 0.316. The van der Waals surface area contributed by atoms with Crippen molar-refractivity contribution in [2.24, 2.45) is 10.9 Å². The van der Waals surface area contributed by atoms with Gasteiger partial charge in [0.1, 0.15) is 11.6 Å². The van der Waals surface area contributed by atoms with Crippen molar-refractivity contribution in [3.8, 4) is 0 Å². The van der Waals surface area contributed by atoms with E-state index in [9.17, 15) is 8.78 Å². The molecule has 0 fully saturated rings. The van der Waals surface area contributed by atoms with Crippen LogP contribution in [-0.4, -0.2) is 17.1 Å². The van der Waals surface area contributed by atoms with Crippen LogP contribution in [0.15, 0.2) is 21.8 Å². The van der Waals surface area contributed by atoms with E-state index in [-0.39, 0.29) is 16.0 Å². The topological polar surface area (TPSA) is 70.6 Å². The van der Waals surface area contributed by atoms with Crippen LogP contribution in [0.5, 0.6) is 0 Å². The van der Waals surface area contributed by atoms with Gasteiger partial charge in [-0.3, -0.25) is 0 Å². The highest BCUT2D eigenvalue weighted by molar-refractivity contribution is 9.10. The van der Waals surface area contributed by atoms with Gasteiger partial charge in [-0.05, 0) is 28.9 Å². The number of amidine groups is 1. The van der Waals surface area contributed by atoms with Crippen LogP contribution in [0.3, 0.4) is 0 Å². The number of hydrogen-bond donors (Lipinski definition) is 3. The first-order valence-corrected chi connectivity index (χ1v) is 5.13. The van der Waals surface area contributed by atoms with E-state index in [1.807, 2.05) is 0 Å². The van der Waals surface area contributed by atoms with Crippen LogP contribution in [-0.2, 0) is 0 Å². The Kier molecular flexibility index (Phi) is 4.05. The molecule has 0 heterocycles. The second-order valence-corrected chi connectivity index (χ2v) is 3.99. The number of oxime groups is 1. The van der Waals surface area contributed by atoms with Gasteiger partial charge in [0.2, 0.25) is 0 Å². The van der Waals surface area contributed by atoms with E-state index in [4.69, 9.17) is 10.9 Å². The van der Waals surface area contributed by atoms with E-state index >= 15 is 0 Å². The van der Waals surface area contributed by atoms with E-state index < -0.39 is 17.7 Å². The molecule has 1 rings (SSSR count). The summed E-state index contributed by atoms with van der Waals surface area (Å²) in [4.78, 5) is 0. The number of nitrogens with two attached hydrogens (primary N) is 1. The molecule has 0 bridgehead atoms. The molecule has 7 heteroatoms. The molecule has 0 radical (unpaired) electrons. The third kappa shape index (κ3) is 2.82. The molecule has 0 saturated carbocycles. The maximum absolute atomic E-state index is 13.4. The lowest BCUT2D eigenvalue weighted by Gasteiger charge is -2.14. The van der Waals surface area contributed by atoms with Crippen molar-refractivity contribution in [1.29, 1.82) is 0 Å². The summed E-state index contributed by atoms with van der Waals surface area (Å²) in [5.74, 6) is -1.36. The monoisotopic (exact) mass is 293 g/mol. The standard InChI is InChI=1S/C9H10BrF2N3O/c1-4(9(13)15-16)14-8-3-6(11)5(10)2-7(8)12/h2-4,14,16H,1H3,(H2,13,15). The molecule has 16 heavy (non-hydrogen) atoms. The van der Waals surface area contributed by atoms with Crippen LogP contribution in [0.25, 0.3) is 0 Å². The zero-order valence-electron chi connectivity index (χ0n) is 8.34. The van der Waals surface area contributed by atoms with Gasteiger partial charge in [-0.1, -0.05) is 5.16 Å². The summed E-state index contributed by atoms with van der Waals surface area (Å²) in [5.41, 5.74) is 5.24. The van der Waals surface area contributed by atoms with Crippen LogP contribution in [0.4, 0.5) is 14.5 Å². The third-order valence-corrected chi connectivity index (χ3v) is 2.55. The second-order valence-electron chi connectivity index (χ2n) is 3.14. The summed E-state index contributed by atoms with van der Waals surface area (Å²) >= 11 is 2.86. The van der Waals surface area contributed by atoms with Crippen LogP contribution >= 0.6 is 15.9 Å². The largest absolute Gasteiger partial charge is 0.409 e. The number of nitrogens with one attached hydrogen (secondary N) is 1. The summed E-state index contributed by atoms with van der Waals surface area (Å²) in [5, 5.41) is 13.7. The van der Waals surface area contributed by atoms with E-state index in [0.29, 0.717) is 0 Å². The summed E-state index contributed by atoms with van der Waals surface area (Å²) in [7, 11) is 0. The first-order chi connectivity index (χ1) is 7.45. The van der Waals surface area contributed by atoms with E-state index in [1.54, 1.807) is 6.92 Å². The molecule has 1 unspecified atom stereocenters. The fourth-order valence-electron chi connectivity index (χ4n) is 1.03. The fraction of sp³-hybridized carbons (Fsp3) is 0.222. The van der Waals surface area contributed by atoms with Crippen molar-refractivity contribution in [3.63, 3.8) is 0 Å². The van der Waals surface area contributed by atoms with Gasteiger partial charge in [-0.15, -0.1) is 0 Å². The average molecular weight is 294 g/mol. The SMILES string of the molecule is CC(Nc1cc(F)c(Br)cc1F)/C(N)=N/O. The quantitative estimate of drug-likeness (QED) is 0.263. The molecule has 4 N–H and O–H groups in total. The smallest absolute Gasteiger partial charge is 0.161 e. The van der Waals surface area contributed by atoms with Gasteiger partial charge >= 0.3 is 0 Å². The number of halogens is 3. The first kappa shape index (κ1) is 12.7. The minimum atomic E-state index is -0.633. The Balaban J connectivity index is 2.94. The molecule has 0 amide bonds. The normalized spacial score (nSPS) is 13.6. The van der Waals surface area contributed by atoms with Crippen molar-refractivity contribution in [3.05, 3.63) is 28.2 Å². The molecular formula is C9H10BrF2N3O. The predicted molar refractivity (Wildman–Crippen MR) is 60.6 cm³/mol. The van der Waals surface area contributed by atoms with Crippen molar-refractivity contribution in [2.75, 3.05) is 5.32 Å². The van der Waals surface area contributed by atoms with Crippen LogP contribution in [0.2, 0.25) is 0 Å². The summed E-state index contributed by atoms with van der Waals surface area (Å²) < 4.78 is 26.5. The van der Waals surface area contributed by atoms with Crippen LogP contribution in [0, 0.1) is 11.6 Å². The lowest BCUT2D eigenvalue weighted by Crippen LogP contribution is -2.33. The molecule has 0 spiro atoms. The second kappa shape index (κ2) is 5.11. The predicted octanol–water partition coefficient (Wildman–Crippen LogP) is 2.27. The number of nitrogens with zero attached hydrogens (tertiary/aromatic N) is 1. The van der Waals surface area contributed by atoms with Gasteiger partial charge in [0.25, 0.3) is 0 Å². The Bertz CT molecular complexity index is 425. The molecule has 4 nitrogen and oxygen atoms in total. The maximum Gasteiger partial charge on any atom is 0.161 e. The Morgan fingerprint density at radius 1 is 1.50 bits per heavy atom. The molecule has 0 aliphatic heterocycles. The Morgan fingerprint density at radius 3 is 2.69 bits per heavy atom. The lowest BCUT2D eigenvalue weighted by atomic mass is 10.2. The number of rotatable bonds is 3. The Morgan fingerprint density at radius 2 is 2.12 bits per heavy atom. The van der Waals surface area contributed by atoms with Gasteiger partial charge in [-0.2, -0.15) is 0 Å². The summed E-state index contributed by atoms with van der Waals surface area (Å²) in [6.45, 7) is 1.55. The minimum Gasteiger partial charge on any atom is -0.409 e. The first-order valence-electron chi connectivity index (χ1n) is 4.34. The van der Waals surface area contributed by atoms with E-state index in [2.05, 4.69) is 26.4 Å². The number of benzene rings is 1. The van der Waals surface area contributed by atoms with Crippen molar-refractivity contribution < 1.29 is 14.0 Å². The average Bonchev–Trinajstić information content (AvgIpc) is 2.24. The molecule has 0 aliphatic rings. The zero-order chi connectivity index (χ0) is 12.3. The molecule has 1 aromatic rings. The Labute approximate surface area is 99.3 Å². The Hall–Kier alpha value is -1.37. The molecule has 0 aromatic heterocycles. The van der Waals surface area contributed by atoms with Gasteiger partial charge in [0.05, 0.1) is 16.2 Å². The van der Waals surface area contributed by atoms with Gasteiger partial charge in [0, 0.05) is 6.07 Å². The molecule has 0 aliphatic carbocycles. The zero-order valence-corrected chi connectivity index (χ0v) is 9.92. The van der Waals surface area contributed by atoms with E-state index in [1.165, 1.54) is 0 Å². The molecule has 1 atom stereocenters. The molecular weight excluding hydrogens is 284 g/mol. The minimum absolute atomic E-state index is 0.0343. The van der Waals surface area contributed by atoms with Gasteiger partial charge in [0.15, 0.2) is 5.84 Å². The number of anilines is 1. The van der Waals surface area contributed by atoms with Gasteiger partial charge in [-0.25, -0.2) is 8.78 Å². The van der Waals surface area contributed by atoms with Crippen molar-refractivity contribution >= 4 is 27.5 Å². The molecule has 88 valence electrons. The van der Waals surface area contributed by atoms with Crippen LogP contribution in [0.1, 0.15) is 6.92 Å². The molecule has 0 saturated heterocycles. The highest BCUT2D eigenvalue weighted by Gasteiger charge is 2.12. The van der Waals surface area contributed by atoms with E-state index in [0.717, 1.165) is 12.1 Å². The summed E-state index contributed by atoms with van der Waals surface area (Å²) in [6, 6.07) is 1.37. The fourth-order valence-corrected chi connectivity index (χ4v) is 1.34. The highest BCUT2D eigenvalue weighted by atomic mass is 79.9. The maximum atomic E-state index is 13.4. The van der Waals surface area contributed by atoms with Crippen molar-refractivity contribution in [2.45, 2.75) is 13.0 Å². The summed E-state index contributed by atoms with van der Waals surface area (Å²) in [6.07, 6.45) is 0. The van der Waals surface area contributed by atoms with Crippen LogP contribution < -0.4 is 11.1 Å². The third-order valence-electron chi connectivity index (χ3n) is 1.94. The number of hydrogen-bond acceptors (Lipinski definition) is 3.